The highest BCUT2D eigenvalue weighted by Crippen LogP contribution is 2.28. The second kappa shape index (κ2) is 8.67. The molecule has 0 radical (unpaired) electrons. The SMILES string of the molecule is CCOc1cc(CNC(=O)Nc2ccccc2OC)ccc1OC. The molecule has 2 amide bonds. The average Bonchev–Trinajstić information content (AvgIpc) is 2.61. The van der Waals surface area contributed by atoms with Crippen molar-refractivity contribution in [3.63, 3.8) is 0 Å². The highest BCUT2D eigenvalue weighted by atomic mass is 16.5. The minimum absolute atomic E-state index is 0.312. The van der Waals surface area contributed by atoms with Crippen LogP contribution >= 0.6 is 0 Å². The van der Waals surface area contributed by atoms with Crippen LogP contribution in [0.1, 0.15) is 12.5 Å². The summed E-state index contributed by atoms with van der Waals surface area (Å²) in [5.74, 6) is 1.93. The van der Waals surface area contributed by atoms with Crippen LogP contribution in [0.4, 0.5) is 10.5 Å². The van der Waals surface area contributed by atoms with E-state index in [4.69, 9.17) is 14.2 Å². The first-order chi connectivity index (χ1) is 11.7. The fourth-order valence-corrected chi connectivity index (χ4v) is 2.20. The molecule has 6 nitrogen and oxygen atoms in total. The van der Waals surface area contributed by atoms with Gasteiger partial charge in [0.05, 0.1) is 26.5 Å². The maximum Gasteiger partial charge on any atom is 0.319 e. The Morgan fingerprint density at radius 3 is 2.46 bits per heavy atom. The van der Waals surface area contributed by atoms with E-state index in [2.05, 4.69) is 10.6 Å². The highest BCUT2D eigenvalue weighted by molar-refractivity contribution is 5.90. The molecule has 0 aliphatic rings. The maximum absolute atomic E-state index is 12.1. The standard InChI is InChI=1S/C18H22N2O4/c1-4-24-17-11-13(9-10-16(17)23-3)12-19-18(21)20-14-7-5-6-8-15(14)22-2/h5-11H,4,12H2,1-3H3,(H2,19,20,21). The van der Waals surface area contributed by atoms with E-state index in [1.165, 1.54) is 0 Å². The van der Waals surface area contributed by atoms with Crippen molar-refractivity contribution in [2.24, 2.45) is 0 Å². The van der Waals surface area contributed by atoms with E-state index in [1.807, 2.05) is 37.3 Å². The smallest absolute Gasteiger partial charge is 0.319 e. The van der Waals surface area contributed by atoms with Crippen molar-refractivity contribution in [1.82, 2.24) is 5.32 Å². The van der Waals surface area contributed by atoms with Gasteiger partial charge in [0, 0.05) is 6.54 Å². The molecular formula is C18H22N2O4. The number of para-hydroxylation sites is 2. The molecule has 0 spiro atoms. The van der Waals surface area contributed by atoms with E-state index in [1.54, 1.807) is 26.4 Å². The lowest BCUT2D eigenvalue weighted by Gasteiger charge is -2.13. The largest absolute Gasteiger partial charge is 0.495 e. The molecule has 6 heteroatoms. The van der Waals surface area contributed by atoms with Crippen molar-refractivity contribution in [2.75, 3.05) is 26.1 Å². The van der Waals surface area contributed by atoms with Crippen LogP contribution < -0.4 is 24.8 Å². The number of methoxy groups -OCH3 is 2. The van der Waals surface area contributed by atoms with Crippen LogP contribution in [0.3, 0.4) is 0 Å². The summed E-state index contributed by atoms with van der Waals surface area (Å²) in [7, 11) is 3.15. The number of hydrogen-bond acceptors (Lipinski definition) is 4. The van der Waals surface area contributed by atoms with Crippen LogP contribution in [0, 0.1) is 0 Å². The van der Waals surface area contributed by atoms with Crippen LogP contribution in [0.2, 0.25) is 0 Å². The second-order valence-electron chi connectivity index (χ2n) is 4.93. The number of hydrogen-bond donors (Lipinski definition) is 2. The molecule has 128 valence electrons. The third-order valence-electron chi connectivity index (χ3n) is 3.34. The van der Waals surface area contributed by atoms with E-state index in [0.29, 0.717) is 36.1 Å². The van der Waals surface area contributed by atoms with Crippen molar-refractivity contribution in [1.29, 1.82) is 0 Å². The Hall–Kier alpha value is -2.89. The predicted molar refractivity (Wildman–Crippen MR) is 93.0 cm³/mol. The summed E-state index contributed by atoms with van der Waals surface area (Å²) >= 11 is 0. The number of carbonyl (C=O) groups excluding carboxylic acids is 1. The van der Waals surface area contributed by atoms with Gasteiger partial charge in [-0.3, -0.25) is 0 Å². The van der Waals surface area contributed by atoms with E-state index in [-0.39, 0.29) is 6.03 Å². The molecule has 2 N–H and O–H groups in total. The van der Waals surface area contributed by atoms with E-state index < -0.39 is 0 Å². The zero-order valence-electron chi connectivity index (χ0n) is 14.1. The molecule has 0 bridgehead atoms. The Balaban J connectivity index is 1.97. The molecular weight excluding hydrogens is 308 g/mol. The monoisotopic (exact) mass is 330 g/mol. The summed E-state index contributed by atoms with van der Waals surface area (Å²) < 4.78 is 16.0. The molecule has 0 saturated carbocycles. The Kier molecular flexibility index (Phi) is 6.31. The molecule has 0 aliphatic carbocycles. The predicted octanol–water partition coefficient (Wildman–Crippen LogP) is 3.42. The van der Waals surface area contributed by atoms with Gasteiger partial charge in [-0.15, -0.1) is 0 Å². The second-order valence-corrected chi connectivity index (χ2v) is 4.93. The van der Waals surface area contributed by atoms with Crippen molar-refractivity contribution in [3.8, 4) is 17.2 Å². The number of rotatable bonds is 7. The molecule has 2 aromatic rings. The van der Waals surface area contributed by atoms with Gasteiger partial charge in [-0.05, 0) is 36.8 Å². The molecule has 0 aromatic heterocycles. The fourth-order valence-electron chi connectivity index (χ4n) is 2.20. The van der Waals surface area contributed by atoms with Gasteiger partial charge in [0.25, 0.3) is 0 Å². The van der Waals surface area contributed by atoms with Crippen molar-refractivity contribution >= 4 is 11.7 Å². The number of anilines is 1. The molecule has 2 rings (SSSR count). The van der Waals surface area contributed by atoms with Crippen LogP contribution in [-0.4, -0.2) is 26.9 Å². The van der Waals surface area contributed by atoms with Crippen LogP contribution in [0.15, 0.2) is 42.5 Å². The molecule has 0 atom stereocenters. The summed E-state index contributed by atoms with van der Waals surface area (Å²) in [4.78, 5) is 12.1. The lowest BCUT2D eigenvalue weighted by atomic mass is 10.2. The van der Waals surface area contributed by atoms with E-state index in [9.17, 15) is 4.79 Å². The Labute approximate surface area is 141 Å². The van der Waals surface area contributed by atoms with Gasteiger partial charge in [0.1, 0.15) is 5.75 Å². The van der Waals surface area contributed by atoms with Crippen LogP contribution in [0.5, 0.6) is 17.2 Å². The summed E-state index contributed by atoms with van der Waals surface area (Å²) in [6.07, 6.45) is 0. The highest BCUT2D eigenvalue weighted by Gasteiger charge is 2.08. The number of carbonyl (C=O) groups is 1. The van der Waals surface area contributed by atoms with Gasteiger partial charge >= 0.3 is 6.03 Å². The van der Waals surface area contributed by atoms with Gasteiger partial charge in [0.2, 0.25) is 0 Å². The normalized spacial score (nSPS) is 9.96. The van der Waals surface area contributed by atoms with Gasteiger partial charge in [-0.25, -0.2) is 4.79 Å². The topological polar surface area (TPSA) is 68.8 Å². The molecule has 0 fully saturated rings. The first kappa shape index (κ1) is 17.5. The third-order valence-corrected chi connectivity index (χ3v) is 3.34. The number of amides is 2. The quantitative estimate of drug-likeness (QED) is 0.816. The lowest BCUT2D eigenvalue weighted by molar-refractivity contribution is 0.251. The van der Waals surface area contributed by atoms with E-state index in [0.717, 1.165) is 5.56 Å². The molecule has 0 unspecified atom stereocenters. The minimum atomic E-state index is -0.312. The van der Waals surface area contributed by atoms with Crippen molar-refractivity contribution < 1.29 is 19.0 Å². The number of benzene rings is 2. The summed E-state index contributed by atoms with van der Waals surface area (Å²) in [5.41, 5.74) is 1.52. The van der Waals surface area contributed by atoms with Crippen molar-refractivity contribution in [2.45, 2.75) is 13.5 Å². The summed E-state index contributed by atoms with van der Waals surface area (Å²) in [6, 6.07) is 12.5. The molecule has 0 aliphatic heterocycles. The number of urea groups is 1. The summed E-state index contributed by atoms with van der Waals surface area (Å²) in [6.45, 7) is 2.82. The van der Waals surface area contributed by atoms with Gasteiger partial charge in [0.15, 0.2) is 11.5 Å². The molecule has 2 aromatic carbocycles. The number of nitrogens with one attached hydrogen (secondary N) is 2. The average molecular weight is 330 g/mol. The molecule has 0 saturated heterocycles. The Bertz CT molecular complexity index is 688. The molecule has 24 heavy (non-hydrogen) atoms. The molecule has 0 heterocycles. The maximum atomic E-state index is 12.1. The minimum Gasteiger partial charge on any atom is -0.495 e. The zero-order valence-corrected chi connectivity index (χ0v) is 14.1. The Morgan fingerprint density at radius 1 is 1.00 bits per heavy atom. The lowest BCUT2D eigenvalue weighted by Crippen LogP contribution is -2.28. The third kappa shape index (κ3) is 4.55. The summed E-state index contributed by atoms with van der Waals surface area (Å²) in [5, 5.41) is 5.57. The zero-order chi connectivity index (χ0) is 17.4. The Morgan fingerprint density at radius 2 is 1.75 bits per heavy atom. The van der Waals surface area contributed by atoms with E-state index >= 15 is 0 Å². The van der Waals surface area contributed by atoms with Gasteiger partial charge in [-0.1, -0.05) is 18.2 Å². The van der Waals surface area contributed by atoms with Crippen LogP contribution in [0.25, 0.3) is 0 Å². The van der Waals surface area contributed by atoms with Crippen molar-refractivity contribution in [3.05, 3.63) is 48.0 Å². The van der Waals surface area contributed by atoms with Gasteiger partial charge in [-0.2, -0.15) is 0 Å². The van der Waals surface area contributed by atoms with Gasteiger partial charge < -0.3 is 24.8 Å². The first-order valence-corrected chi connectivity index (χ1v) is 7.65. The fraction of sp³-hybridized carbons (Fsp3) is 0.278. The number of ether oxygens (including phenoxy) is 3. The first-order valence-electron chi connectivity index (χ1n) is 7.65. The van der Waals surface area contributed by atoms with Crippen LogP contribution in [-0.2, 0) is 6.54 Å².